The highest BCUT2D eigenvalue weighted by molar-refractivity contribution is 6.31. The fraction of sp³-hybridized carbons (Fsp3) is 0.500. The van der Waals surface area contributed by atoms with Crippen molar-refractivity contribution >= 4 is 17.5 Å². The minimum absolute atomic E-state index is 0.0425. The van der Waals surface area contributed by atoms with Crippen molar-refractivity contribution in [1.29, 1.82) is 0 Å². The lowest BCUT2D eigenvalue weighted by Crippen LogP contribution is -2.24. The topological polar surface area (TPSA) is 49.3 Å². The number of hydrogen-bond donors (Lipinski definition) is 2. The minimum Gasteiger partial charge on any atom is -0.507 e. The Hall–Kier alpha value is -1.22. The highest BCUT2D eigenvalue weighted by Gasteiger charge is 2.10. The third kappa shape index (κ3) is 4.96. The van der Waals surface area contributed by atoms with Crippen LogP contribution in [0.2, 0.25) is 5.02 Å². The van der Waals surface area contributed by atoms with E-state index < -0.39 is 0 Å². The second-order valence-electron chi connectivity index (χ2n) is 4.81. The summed E-state index contributed by atoms with van der Waals surface area (Å²) in [6.07, 6.45) is 3.21. The lowest BCUT2D eigenvalue weighted by molar-refractivity contribution is 0.0950. The Balaban J connectivity index is 2.39. The van der Waals surface area contributed by atoms with E-state index in [-0.39, 0.29) is 17.2 Å². The highest BCUT2D eigenvalue weighted by atomic mass is 35.5. The first-order valence-electron chi connectivity index (χ1n) is 6.27. The van der Waals surface area contributed by atoms with Crippen LogP contribution in [0, 0.1) is 5.92 Å². The van der Waals surface area contributed by atoms with Crippen molar-refractivity contribution in [2.45, 2.75) is 33.1 Å². The van der Waals surface area contributed by atoms with Crippen molar-refractivity contribution in [3.63, 3.8) is 0 Å². The Kier molecular flexibility index (Phi) is 5.99. The van der Waals surface area contributed by atoms with Crippen LogP contribution in [0.25, 0.3) is 0 Å². The highest BCUT2D eigenvalue weighted by Crippen LogP contribution is 2.21. The molecule has 1 aromatic rings. The Labute approximate surface area is 113 Å². The van der Waals surface area contributed by atoms with Gasteiger partial charge in [-0.3, -0.25) is 4.79 Å². The summed E-state index contributed by atoms with van der Waals surface area (Å²) in [5.74, 6) is 0.372. The molecule has 18 heavy (non-hydrogen) atoms. The molecule has 100 valence electrons. The molecule has 0 aliphatic rings. The number of hydrogen-bond acceptors (Lipinski definition) is 2. The summed E-state index contributed by atoms with van der Waals surface area (Å²) < 4.78 is 0. The molecule has 0 aliphatic carbocycles. The van der Waals surface area contributed by atoms with E-state index in [0.717, 1.165) is 19.3 Å². The molecule has 0 saturated heterocycles. The van der Waals surface area contributed by atoms with E-state index in [2.05, 4.69) is 19.2 Å². The number of rotatable bonds is 6. The van der Waals surface area contributed by atoms with E-state index in [4.69, 9.17) is 11.6 Å². The maximum atomic E-state index is 11.8. The van der Waals surface area contributed by atoms with Gasteiger partial charge in [-0.05, 0) is 30.5 Å². The molecule has 1 rings (SSSR count). The largest absolute Gasteiger partial charge is 0.507 e. The fourth-order valence-corrected chi connectivity index (χ4v) is 1.84. The summed E-state index contributed by atoms with van der Waals surface area (Å²) in [4.78, 5) is 11.8. The van der Waals surface area contributed by atoms with Gasteiger partial charge in [0, 0.05) is 11.6 Å². The third-order valence-electron chi connectivity index (χ3n) is 2.70. The van der Waals surface area contributed by atoms with Crippen LogP contribution in [0.3, 0.4) is 0 Å². The van der Waals surface area contributed by atoms with Crippen LogP contribution in [0.15, 0.2) is 18.2 Å². The average molecular weight is 270 g/mol. The van der Waals surface area contributed by atoms with Crippen LogP contribution in [0.5, 0.6) is 5.75 Å². The number of carbonyl (C=O) groups is 1. The van der Waals surface area contributed by atoms with Gasteiger partial charge in [0.25, 0.3) is 5.91 Å². The van der Waals surface area contributed by atoms with Gasteiger partial charge >= 0.3 is 0 Å². The third-order valence-corrected chi connectivity index (χ3v) is 2.93. The van der Waals surface area contributed by atoms with Crippen molar-refractivity contribution in [3.8, 4) is 5.75 Å². The van der Waals surface area contributed by atoms with Crippen LogP contribution >= 0.6 is 11.6 Å². The molecule has 1 amide bonds. The number of unbranched alkanes of at least 4 members (excludes halogenated alkanes) is 1. The summed E-state index contributed by atoms with van der Waals surface area (Å²) in [5, 5.41) is 12.8. The number of phenols is 1. The van der Waals surface area contributed by atoms with Gasteiger partial charge in [-0.25, -0.2) is 0 Å². The Morgan fingerprint density at radius 1 is 1.39 bits per heavy atom. The number of carbonyl (C=O) groups excluding carboxylic acids is 1. The van der Waals surface area contributed by atoms with Crippen molar-refractivity contribution in [2.24, 2.45) is 5.92 Å². The standard InChI is InChI=1S/C14H20ClNO2/c1-10(2)5-3-4-8-16-14(18)12-9-11(15)6-7-13(12)17/h6-7,9-10,17H,3-5,8H2,1-2H3,(H,16,18). The Morgan fingerprint density at radius 3 is 2.78 bits per heavy atom. The van der Waals surface area contributed by atoms with Gasteiger partial charge in [-0.2, -0.15) is 0 Å². The first kappa shape index (κ1) is 14.8. The lowest BCUT2D eigenvalue weighted by Gasteiger charge is -2.08. The fourth-order valence-electron chi connectivity index (χ4n) is 1.66. The predicted octanol–water partition coefficient (Wildman–Crippen LogP) is 3.60. The summed E-state index contributed by atoms with van der Waals surface area (Å²) in [6.45, 7) is 4.99. The van der Waals surface area contributed by atoms with Crippen LogP contribution in [0.4, 0.5) is 0 Å². The van der Waals surface area contributed by atoms with Gasteiger partial charge in [-0.1, -0.05) is 38.3 Å². The molecule has 0 aliphatic heterocycles. The number of phenolic OH excluding ortho intramolecular Hbond substituents is 1. The van der Waals surface area contributed by atoms with Gasteiger partial charge < -0.3 is 10.4 Å². The van der Waals surface area contributed by atoms with Crippen molar-refractivity contribution < 1.29 is 9.90 Å². The number of benzene rings is 1. The van der Waals surface area contributed by atoms with Gasteiger partial charge in [0.1, 0.15) is 5.75 Å². The molecule has 0 atom stereocenters. The SMILES string of the molecule is CC(C)CCCCNC(=O)c1cc(Cl)ccc1O. The second kappa shape index (κ2) is 7.27. The zero-order chi connectivity index (χ0) is 13.5. The summed E-state index contributed by atoms with van der Waals surface area (Å²) >= 11 is 5.79. The first-order valence-corrected chi connectivity index (χ1v) is 6.65. The first-order chi connectivity index (χ1) is 8.50. The van der Waals surface area contributed by atoms with Crippen LogP contribution in [0.1, 0.15) is 43.5 Å². The molecule has 0 saturated carbocycles. The molecular weight excluding hydrogens is 250 g/mol. The maximum Gasteiger partial charge on any atom is 0.255 e. The number of aromatic hydroxyl groups is 1. The van der Waals surface area contributed by atoms with E-state index in [9.17, 15) is 9.90 Å². The molecule has 0 fully saturated rings. The zero-order valence-electron chi connectivity index (χ0n) is 10.9. The molecule has 0 spiro atoms. The van der Waals surface area contributed by atoms with Crippen molar-refractivity contribution in [2.75, 3.05) is 6.54 Å². The second-order valence-corrected chi connectivity index (χ2v) is 5.24. The average Bonchev–Trinajstić information content (AvgIpc) is 2.31. The number of halogens is 1. The zero-order valence-corrected chi connectivity index (χ0v) is 11.6. The monoisotopic (exact) mass is 269 g/mol. The van der Waals surface area contributed by atoms with Crippen molar-refractivity contribution in [1.82, 2.24) is 5.32 Å². The molecule has 0 unspecified atom stereocenters. The van der Waals surface area contributed by atoms with Gasteiger partial charge in [0.05, 0.1) is 5.56 Å². The molecule has 1 aromatic carbocycles. The Bertz CT molecular complexity index is 405. The normalized spacial score (nSPS) is 10.7. The van der Waals surface area contributed by atoms with Gasteiger partial charge in [0.2, 0.25) is 0 Å². The maximum absolute atomic E-state index is 11.8. The van der Waals surface area contributed by atoms with Gasteiger partial charge in [0.15, 0.2) is 0 Å². The van der Waals surface area contributed by atoms with Gasteiger partial charge in [-0.15, -0.1) is 0 Å². The molecule has 4 heteroatoms. The Morgan fingerprint density at radius 2 is 2.11 bits per heavy atom. The lowest BCUT2D eigenvalue weighted by atomic mass is 10.1. The van der Waals surface area contributed by atoms with E-state index >= 15 is 0 Å². The summed E-state index contributed by atoms with van der Waals surface area (Å²) in [7, 11) is 0. The number of nitrogens with one attached hydrogen (secondary N) is 1. The van der Waals surface area contributed by atoms with E-state index in [0.29, 0.717) is 17.5 Å². The summed E-state index contributed by atoms with van der Waals surface area (Å²) in [5.41, 5.74) is 0.228. The molecule has 2 N–H and O–H groups in total. The van der Waals surface area contributed by atoms with Crippen LogP contribution in [-0.2, 0) is 0 Å². The molecule has 0 bridgehead atoms. The number of amides is 1. The predicted molar refractivity (Wildman–Crippen MR) is 74.1 cm³/mol. The molecule has 0 radical (unpaired) electrons. The van der Waals surface area contributed by atoms with E-state index in [1.54, 1.807) is 6.07 Å². The van der Waals surface area contributed by atoms with Crippen molar-refractivity contribution in [3.05, 3.63) is 28.8 Å². The minimum atomic E-state index is -0.278. The summed E-state index contributed by atoms with van der Waals surface area (Å²) in [6, 6.07) is 4.45. The van der Waals surface area contributed by atoms with Crippen LogP contribution < -0.4 is 5.32 Å². The molecule has 3 nitrogen and oxygen atoms in total. The van der Waals surface area contributed by atoms with Crippen LogP contribution in [-0.4, -0.2) is 17.6 Å². The van der Waals surface area contributed by atoms with E-state index in [1.165, 1.54) is 12.1 Å². The quantitative estimate of drug-likeness (QED) is 0.775. The molecule has 0 heterocycles. The molecular formula is C14H20ClNO2. The van der Waals surface area contributed by atoms with E-state index in [1.807, 2.05) is 0 Å². The smallest absolute Gasteiger partial charge is 0.255 e. The molecule has 0 aromatic heterocycles.